The topological polar surface area (TPSA) is 0 Å². The highest BCUT2D eigenvalue weighted by Gasteiger charge is 1.99. The third-order valence-corrected chi connectivity index (χ3v) is 4.03. The Labute approximate surface area is 111 Å². The third kappa shape index (κ3) is 3.00. The lowest BCUT2D eigenvalue weighted by Crippen LogP contribution is -1.78. The summed E-state index contributed by atoms with van der Waals surface area (Å²) in [7, 11) is 0. The second kappa shape index (κ2) is 5.21. The molecule has 0 saturated carbocycles. The Morgan fingerprint density at radius 2 is 1.50 bits per heavy atom. The molecule has 0 N–H and O–H groups in total. The zero-order valence-electron chi connectivity index (χ0n) is 8.84. The number of hydrogen-bond acceptors (Lipinski definition) is 3. The van der Waals surface area contributed by atoms with Crippen LogP contribution in [0.3, 0.4) is 0 Å². The van der Waals surface area contributed by atoms with Crippen LogP contribution in [0.2, 0.25) is 0 Å². The van der Waals surface area contributed by atoms with E-state index in [1.165, 1.54) is 15.4 Å². The minimum absolute atomic E-state index is 0.989. The lowest BCUT2D eigenvalue weighted by molar-refractivity contribution is 1.24. The van der Waals surface area contributed by atoms with Gasteiger partial charge < -0.3 is 0 Å². The number of benzene rings is 2. The van der Waals surface area contributed by atoms with Gasteiger partial charge in [-0.15, -0.1) is 25.3 Å². The summed E-state index contributed by atoms with van der Waals surface area (Å²) in [5.74, 6) is 0. The first kappa shape index (κ1) is 12.0. The molecule has 0 aliphatic rings. The van der Waals surface area contributed by atoms with Crippen LogP contribution in [-0.4, -0.2) is 0 Å². The van der Waals surface area contributed by atoms with Crippen LogP contribution in [0.5, 0.6) is 0 Å². The number of aryl methyl sites for hydroxylation is 1. The van der Waals surface area contributed by atoms with E-state index in [4.69, 9.17) is 0 Å². The molecule has 16 heavy (non-hydrogen) atoms. The molecular formula is C13H12S3. The highest BCUT2D eigenvalue weighted by Crippen LogP contribution is 2.30. The Bertz CT molecular complexity index is 489. The van der Waals surface area contributed by atoms with Gasteiger partial charge in [0.1, 0.15) is 0 Å². The van der Waals surface area contributed by atoms with Crippen LogP contribution in [0.25, 0.3) is 0 Å². The fraction of sp³-hybridized carbons (Fsp3) is 0.0769. The van der Waals surface area contributed by atoms with Crippen molar-refractivity contribution in [3.05, 3.63) is 48.0 Å². The molecule has 2 aromatic rings. The van der Waals surface area contributed by atoms with Gasteiger partial charge in [-0.1, -0.05) is 17.8 Å². The molecule has 0 spiro atoms. The van der Waals surface area contributed by atoms with Crippen LogP contribution in [0.15, 0.2) is 62.0 Å². The van der Waals surface area contributed by atoms with Gasteiger partial charge in [0.25, 0.3) is 0 Å². The summed E-state index contributed by atoms with van der Waals surface area (Å²) < 4.78 is 0. The summed E-state index contributed by atoms with van der Waals surface area (Å²) in [5.41, 5.74) is 1.21. The van der Waals surface area contributed by atoms with Gasteiger partial charge in [-0.05, 0) is 48.9 Å². The van der Waals surface area contributed by atoms with Gasteiger partial charge >= 0.3 is 0 Å². The van der Waals surface area contributed by atoms with Gasteiger partial charge in [-0.25, -0.2) is 0 Å². The standard InChI is InChI=1S/C13H12S3/c1-9-2-5-12(8-13(9)15)16-11-6-3-10(14)4-7-11/h2-8,14-15H,1H3. The summed E-state index contributed by atoms with van der Waals surface area (Å²) in [6, 6.07) is 14.5. The van der Waals surface area contributed by atoms with Crippen molar-refractivity contribution in [1.82, 2.24) is 0 Å². The van der Waals surface area contributed by atoms with Crippen LogP contribution >= 0.6 is 37.0 Å². The summed E-state index contributed by atoms with van der Waals surface area (Å²) in [5, 5.41) is 0. The van der Waals surface area contributed by atoms with Gasteiger partial charge in [0, 0.05) is 19.6 Å². The number of thiol groups is 2. The van der Waals surface area contributed by atoms with E-state index in [2.05, 4.69) is 62.5 Å². The normalized spacial score (nSPS) is 10.4. The van der Waals surface area contributed by atoms with Gasteiger partial charge in [0.2, 0.25) is 0 Å². The minimum Gasteiger partial charge on any atom is -0.143 e. The van der Waals surface area contributed by atoms with Crippen molar-refractivity contribution in [2.75, 3.05) is 0 Å². The maximum atomic E-state index is 4.42. The molecule has 0 saturated heterocycles. The molecule has 3 heteroatoms. The predicted octanol–water partition coefficient (Wildman–Crippen LogP) is 4.72. The van der Waals surface area contributed by atoms with Crippen LogP contribution in [0.1, 0.15) is 5.56 Å². The van der Waals surface area contributed by atoms with Crippen LogP contribution in [0, 0.1) is 6.92 Å². The Hall–Kier alpha value is -0.510. The molecule has 2 rings (SSSR count). The number of hydrogen-bond donors (Lipinski definition) is 2. The van der Waals surface area contributed by atoms with Crippen molar-refractivity contribution in [3.63, 3.8) is 0 Å². The predicted molar refractivity (Wildman–Crippen MR) is 76.2 cm³/mol. The molecule has 0 aliphatic carbocycles. The molecule has 0 atom stereocenters. The first-order valence-corrected chi connectivity index (χ1v) is 6.63. The second-order valence-corrected chi connectivity index (χ2v) is 5.69. The largest absolute Gasteiger partial charge is 0.143 e. The third-order valence-electron chi connectivity index (χ3n) is 2.25. The lowest BCUT2D eigenvalue weighted by atomic mass is 10.2. The van der Waals surface area contributed by atoms with E-state index in [0.717, 1.165) is 9.79 Å². The van der Waals surface area contributed by atoms with E-state index in [1.54, 1.807) is 11.8 Å². The molecule has 0 fully saturated rings. The molecule has 0 amide bonds. The first-order valence-electron chi connectivity index (χ1n) is 4.91. The van der Waals surface area contributed by atoms with E-state index in [9.17, 15) is 0 Å². The van der Waals surface area contributed by atoms with Crippen molar-refractivity contribution in [3.8, 4) is 0 Å². The maximum Gasteiger partial charge on any atom is 0.0133 e. The molecule has 0 bridgehead atoms. The summed E-state index contributed by atoms with van der Waals surface area (Å²) in [6.07, 6.45) is 0. The molecule has 0 radical (unpaired) electrons. The van der Waals surface area contributed by atoms with Gasteiger partial charge in [0.15, 0.2) is 0 Å². The molecule has 0 heterocycles. The van der Waals surface area contributed by atoms with Crippen molar-refractivity contribution >= 4 is 37.0 Å². The van der Waals surface area contributed by atoms with E-state index in [-0.39, 0.29) is 0 Å². The SMILES string of the molecule is Cc1ccc(Sc2ccc(S)cc2)cc1S. The van der Waals surface area contributed by atoms with Crippen LogP contribution < -0.4 is 0 Å². The smallest absolute Gasteiger partial charge is 0.0133 e. The van der Waals surface area contributed by atoms with Crippen molar-refractivity contribution in [2.24, 2.45) is 0 Å². The van der Waals surface area contributed by atoms with Crippen molar-refractivity contribution < 1.29 is 0 Å². The molecular weight excluding hydrogens is 252 g/mol. The van der Waals surface area contributed by atoms with Crippen LogP contribution in [0.4, 0.5) is 0 Å². The van der Waals surface area contributed by atoms with Crippen molar-refractivity contribution in [1.29, 1.82) is 0 Å². The summed E-state index contributed by atoms with van der Waals surface area (Å²) >= 11 is 10.4. The van der Waals surface area contributed by atoms with Crippen LogP contribution in [-0.2, 0) is 0 Å². The Morgan fingerprint density at radius 1 is 0.875 bits per heavy atom. The Morgan fingerprint density at radius 3 is 2.12 bits per heavy atom. The maximum absolute atomic E-state index is 4.42. The van der Waals surface area contributed by atoms with Gasteiger partial charge in [-0.2, -0.15) is 0 Å². The average Bonchev–Trinajstić information content (AvgIpc) is 2.27. The fourth-order valence-corrected chi connectivity index (χ4v) is 2.61. The van der Waals surface area contributed by atoms with E-state index >= 15 is 0 Å². The van der Waals surface area contributed by atoms with E-state index < -0.39 is 0 Å². The molecule has 0 aliphatic heterocycles. The zero-order chi connectivity index (χ0) is 11.5. The van der Waals surface area contributed by atoms with Gasteiger partial charge in [-0.3, -0.25) is 0 Å². The summed E-state index contributed by atoms with van der Waals surface area (Å²) in [6.45, 7) is 2.06. The fourth-order valence-electron chi connectivity index (χ4n) is 1.30. The minimum atomic E-state index is 0.989. The van der Waals surface area contributed by atoms with E-state index in [1.807, 2.05) is 12.1 Å². The van der Waals surface area contributed by atoms with Gasteiger partial charge in [0.05, 0.1) is 0 Å². The first-order chi connectivity index (χ1) is 7.65. The number of rotatable bonds is 2. The summed E-state index contributed by atoms with van der Waals surface area (Å²) in [4.78, 5) is 4.45. The van der Waals surface area contributed by atoms with Crippen molar-refractivity contribution in [2.45, 2.75) is 26.5 Å². The monoisotopic (exact) mass is 264 g/mol. The molecule has 0 unspecified atom stereocenters. The Balaban J connectivity index is 2.20. The second-order valence-electron chi connectivity index (χ2n) is 3.54. The Kier molecular flexibility index (Phi) is 3.90. The highest BCUT2D eigenvalue weighted by molar-refractivity contribution is 7.99. The molecule has 2 aromatic carbocycles. The van der Waals surface area contributed by atoms with E-state index in [0.29, 0.717) is 0 Å². The molecule has 0 nitrogen and oxygen atoms in total. The molecule has 0 aromatic heterocycles. The lowest BCUT2D eigenvalue weighted by Gasteiger charge is -2.04. The molecule has 82 valence electrons. The highest BCUT2D eigenvalue weighted by atomic mass is 32.2. The average molecular weight is 264 g/mol. The quantitative estimate of drug-likeness (QED) is 0.740. The zero-order valence-corrected chi connectivity index (χ0v) is 11.4.